The average Bonchev–Trinajstić information content (AvgIpc) is 2.25. The Morgan fingerprint density at radius 1 is 1.81 bits per heavy atom. The molecule has 0 unspecified atom stereocenters. The Kier molecular flexibility index (Phi) is 3.89. The SMILES string of the molecule is COC(=O)CNc1[nH]c(=S)ncc1[N+](=O)[O-]. The second kappa shape index (κ2) is 5.16. The number of ether oxygens (including phenoxy) is 1. The summed E-state index contributed by atoms with van der Waals surface area (Å²) in [7, 11) is 1.22. The maximum absolute atomic E-state index is 10.8. The molecule has 0 aliphatic carbocycles. The van der Waals surface area contributed by atoms with Gasteiger partial charge in [0, 0.05) is 0 Å². The van der Waals surface area contributed by atoms with Crippen molar-refractivity contribution < 1.29 is 14.5 Å². The number of H-pyrrole nitrogens is 1. The third-order valence-electron chi connectivity index (χ3n) is 1.63. The van der Waals surface area contributed by atoms with E-state index in [0.717, 1.165) is 6.20 Å². The summed E-state index contributed by atoms with van der Waals surface area (Å²) in [6, 6.07) is 0. The second-order valence-corrected chi connectivity index (χ2v) is 3.02. The number of aromatic amines is 1. The van der Waals surface area contributed by atoms with Gasteiger partial charge in [-0.2, -0.15) is 0 Å². The van der Waals surface area contributed by atoms with Gasteiger partial charge in [-0.3, -0.25) is 14.9 Å². The molecule has 9 heteroatoms. The van der Waals surface area contributed by atoms with Crippen LogP contribution in [0.15, 0.2) is 6.20 Å². The molecule has 0 aromatic carbocycles. The monoisotopic (exact) mass is 244 g/mol. The van der Waals surface area contributed by atoms with Crippen LogP contribution in [-0.2, 0) is 9.53 Å². The standard InChI is InChI=1S/C7H8N4O4S/c1-15-5(12)3-8-6-4(11(13)14)2-9-7(16)10-6/h2H,3H2,1H3,(H2,8,9,10,16). The number of aromatic nitrogens is 2. The van der Waals surface area contributed by atoms with Crippen LogP contribution in [0.25, 0.3) is 0 Å². The Balaban J connectivity index is 2.92. The fraction of sp³-hybridized carbons (Fsp3) is 0.286. The Hall–Kier alpha value is -2.03. The van der Waals surface area contributed by atoms with Crippen LogP contribution in [0.2, 0.25) is 0 Å². The van der Waals surface area contributed by atoms with Crippen LogP contribution < -0.4 is 5.32 Å². The molecule has 0 fully saturated rings. The summed E-state index contributed by atoms with van der Waals surface area (Å²) < 4.78 is 4.46. The molecule has 0 saturated heterocycles. The first-order valence-corrected chi connectivity index (χ1v) is 4.50. The molecule has 0 spiro atoms. The van der Waals surface area contributed by atoms with Crippen LogP contribution in [0, 0.1) is 14.9 Å². The van der Waals surface area contributed by atoms with Crippen molar-refractivity contribution in [2.75, 3.05) is 19.0 Å². The molecule has 1 heterocycles. The summed E-state index contributed by atoms with van der Waals surface area (Å²) in [5, 5.41) is 13.1. The van der Waals surface area contributed by atoms with Gasteiger partial charge in [0.2, 0.25) is 0 Å². The van der Waals surface area contributed by atoms with E-state index in [-0.39, 0.29) is 22.8 Å². The second-order valence-electron chi connectivity index (χ2n) is 2.64. The highest BCUT2D eigenvalue weighted by atomic mass is 32.1. The number of nitrogens with one attached hydrogen (secondary N) is 2. The molecular weight excluding hydrogens is 236 g/mol. The van der Waals surface area contributed by atoms with E-state index in [1.807, 2.05) is 0 Å². The summed E-state index contributed by atoms with van der Waals surface area (Å²) in [6.45, 7) is -0.202. The lowest BCUT2D eigenvalue weighted by molar-refractivity contribution is -0.384. The summed E-state index contributed by atoms with van der Waals surface area (Å²) in [6.07, 6.45) is 1.01. The molecular formula is C7H8N4O4S. The van der Waals surface area contributed by atoms with Gasteiger partial charge < -0.3 is 15.0 Å². The van der Waals surface area contributed by atoms with E-state index < -0.39 is 10.9 Å². The van der Waals surface area contributed by atoms with Gasteiger partial charge in [-0.05, 0) is 12.2 Å². The van der Waals surface area contributed by atoms with Gasteiger partial charge in [-0.15, -0.1) is 0 Å². The quantitative estimate of drug-likeness (QED) is 0.346. The molecule has 0 amide bonds. The van der Waals surface area contributed by atoms with Crippen LogP contribution in [0.5, 0.6) is 0 Å². The van der Waals surface area contributed by atoms with Crippen molar-refractivity contribution in [1.82, 2.24) is 9.97 Å². The Bertz CT molecular complexity index is 472. The third kappa shape index (κ3) is 2.98. The number of esters is 1. The van der Waals surface area contributed by atoms with Gasteiger partial charge in [0.1, 0.15) is 12.7 Å². The van der Waals surface area contributed by atoms with E-state index >= 15 is 0 Å². The molecule has 0 radical (unpaired) electrons. The van der Waals surface area contributed by atoms with Gasteiger partial charge in [-0.25, -0.2) is 4.98 Å². The molecule has 0 aliphatic heterocycles. The molecule has 0 aliphatic rings. The van der Waals surface area contributed by atoms with Crippen molar-refractivity contribution in [3.63, 3.8) is 0 Å². The Morgan fingerprint density at radius 3 is 3.06 bits per heavy atom. The highest BCUT2D eigenvalue weighted by molar-refractivity contribution is 7.71. The lowest BCUT2D eigenvalue weighted by Crippen LogP contribution is -2.16. The van der Waals surface area contributed by atoms with E-state index in [1.165, 1.54) is 7.11 Å². The average molecular weight is 244 g/mol. The largest absolute Gasteiger partial charge is 0.468 e. The number of rotatable bonds is 4. The third-order valence-corrected chi connectivity index (χ3v) is 1.83. The van der Waals surface area contributed by atoms with Crippen LogP contribution in [0.3, 0.4) is 0 Å². The van der Waals surface area contributed by atoms with E-state index in [1.54, 1.807) is 0 Å². The molecule has 0 atom stereocenters. The van der Waals surface area contributed by atoms with Gasteiger partial charge in [0.25, 0.3) is 0 Å². The number of anilines is 1. The minimum atomic E-state index is -0.641. The van der Waals surface area contributed by atoms with Gasteiger partial charge in [0.05, 0.1) is 12.0 Å². The maximum atomic E-state index is 10.8. The van der Waals surface area contributed by atoms with E-state index in [4.69, 9.17) is 12.2 Å². The topological polar surface area (TPSA) is 110 Å². The minimum Gasteiger partial charge on any atom is -0.468 e. The van der Waals surface area contributed by atoms with Crippen LogP contribution >= 0.6 is 12.2 Å². The summed E-state index contributed by atoms with van der Waals surface area (Å²) in [4.78, 5) is 26.9. The van der Waals surface area contributed by atoms with Crippen molar-refractivity contribution >= 4 is 29.7 Å². The van der Waals surface area contributed by atoms with Crippen molar-refractivity contribution in [2.24, 2.45) is 0 Å². The highest BCUT2D eigenvalue weighted by Crippen LogP contribution is 2.18. The maximum Gasteiger partial charge on any atom is 0.327 e. The van der Waals surface area contributed by atoms with Crippen molar-refractivity contribution in [3.05, 3.63) is 21.1 Å². The molecule has 8 nitrogen and oxygen atoms in total. The fourth-order valence-corrected chi connectivity index (χ4v) is 1.05. The van der Waals surface area contributed by atoms with Gasteiger partial charge in [0.15, 0.2) is 10.6 Å². The predicted octanol–water partition coefficient (Wildman–Crippen LogP) is 0.632. The van der Waals surface area contributed by atoms with Crippen LogP contribution in [-0.4, -0.2) is 34.5 Å². The predicted molar refractivity (Wildman–Crippen MR) is 56.6 cm³/mol. The zero-order chi connectivity index (χ0) is 12.1. The van der Waals surface area contributed by atoms with Crippen LogP contribution in [0.1, 0.15) is 0 Å². The summed E-state index contributed by atoms with van der Waals surface area (Å²) in [5.41, 5.74) is -0.294. The van der Waals surface area contributed by atoms with Crippen molar-refractivity contribution in [1.29, 1.82) is 0 Å². The number of methoxy groups -OCH3 is 1. The van der Waals surface area contributed by atoms with E-state index in [0.29, 0.717) is 0 Å². The summed E-state index contributed by atoms with van der Waals surface area (Å²) >= 11 is 4.71. The Morgan fingerprint density at radius 2 is 2.50 bits per heavy atom. The first kappa shape index (κ1) is 12.0. The molecule has 1 aromatic heterocycles. The number of nitro groups is 1. The Labute approximate surface area is 94.8 Å². The lowest BCUT2D eigenvalue weighted by atomic mass is 10.4. The molecule has 0 bridgehead atoms. The minimum absolute atomic E-state index is 0.0235. The first-order valence-electron chi connectivity index (χ1n) is 4.09. The molecule has 0 saturated carbocycles. The summed E-state index contributed by atoms with van der Waals surface area (Å²) in [5.74, 6) is -0.527. The smallest absolute Gasteiger partial charge is 0.327 e. The lowest BCUT2D eigenvalue weighted by Gasteiger charge is -2.04. The first-order chi connectivity index (χ1) is 7.54. The molecule has 1 rings (SSSR count). The number of hydrogen-bond acceptors (Lipinski definition) is 7. The van der Waals surface area contributed by atoms with Gasteiger partial charge >= 0.3 is 11.7 Å². The molecule has 2 N–H and O–H groups in total. The van der Waals surface area contributed by atoms with Crippen molar-refractivity contribution in [3.8, 4) is 0 Å². The molecule has 16 heavy (non-hydrogen) atoms. The number of carbonyl (C=O) groups excluding carboxylic acids is 1. The highest BCUT2D eigenvalue weighted by Gasteiger charge is 2.15. The van der Waals surface area contributed by atoms with Crippen LogP contribution in [0.4, 0.5) is 11.5 Å². The fourth-order valence-electron chi connectivity index (χ4n) is 0.893. The van der Waals surface area contributed by atoms with E-state index in [2.05, 4.69) is 20.0 Å². The van der Waals surface area contributed by atoms with Crippen molar-refractivity contribution in [2.45, 2.75) is 0 Å². The zero-order valence-corrected chi connectivity index (χ0v) is 9.04. The van der Waals surface area contributed by atoms with Gasteiger partial charge in [-0.1, -0.05) is 0 Å². The number of nitrogens with zero attached hydrogens (tertiary/aromatic N) is 2. The number of carbonyl (C=O) groups is 1. The van der Waals surface area contributed by atoms with E-state index in [9.17, 15) is 14.9 Å². The molecule has 1 aromatic rings. The normalized spacial score (nSPS) is 9.56. The zero-order valence-electron chi connectivity index (χ0n) is 8.22. The molecule has 86 valence electrons. The number of hydrogen-bond donors (Lipinski definition) is 2.